The van der Waals surface area contributed by atoms with Crippen molar-refractivity contribution in [1.29, 1.82) is 0 Å². The number of aliphatic hydroxyl groups excluding tert-OH is 1. The summed E-state index contributed by atoms with van der Waals surface area (Å²) in [6.07, 6.45) is 3.44. The molecule has 0 spiro atoms. The summed E-state index contributed by atoms with van der Waals surface area (Å²) in [4.78, 5) is 11.9. The van der Waals surface area contributed by atoms with Crippen LogP contribution in [0, 0.1) is 0 Å². The molecule has 116 valence electrons. The van der Waals surface area contributed by atoms with Crippen LogP contribution >= 0.6 is 11.6 Å². The van der Waals surface area contributed by atoms with Crippen molar-refractivity contribution in [2.24, 2.45) is 0 Å². The first kappa shape index (κ1) is 16.1. The molecule has 0 radical (unpaired) electrons. The molecular weight excluding hydrogens is 290 g/mol. The number of hydrogen-bond acceptors (Lipinski definition) is 3. The molecule has 1 aromatic carbocycles. The van der Waals surface area contributed by atoms with Crippen molar-refractivity contribution >= 4 is 17.7 Å². The van der Waals surface area contributed by atoms with Crippen molar-refractivity contribution in [3.63, 3.8) is 0 Å². The number of halogens is 1. The summed E-state index contributed by atoms with van der Waals surface area (Å²) in [5.41, 5.74) is 0.567. The van der Waals surface area contributed by atoms with Gasteiger partial charge in [0.2, 0.25) is 0 Å². The number of carbonyl (C=O) groups excluding carboxylic acids is 1. The number of benzene rings is 1. The van der Waals surface area contributed by atoms with Crippen LogP contribution in [0.5, 0.6) is 0 Å². The Labute approximate surface area is 130 Å². The van der Waals surface area contributed by atoms with Gasteiger partial charge in [0.05, 0.1) is 0 Å². The van der Waals surface area contributed by atoms with Crippen LogP contribution in [0.4, 0.5) is 4.79 Å². The number of carbonyl (C=O) groups is 1. The molecule has 0 heterocycles. The fourth-order valence-electron chi connectivity index (χ4n) is 2.65. The van der Waals surface area contributed by atoms with E-state index >= 15 is 0 Å². The predicted molar refractivity (Wildman–Crippen MR) is 82.4 cm³/mol. The second kappa shape index (κ2) is 7.66. The molecule has 0 unspecified atom stereocenters. The molecule has 1 aliphatic rings. The Balaban J connectivity index is 1.86. The van der Waals surface area contributed by atoms with E-state index < -0.39 is 18.3 Å². The van der Waals surface area contributed by atoms with Crippen LogP contribution in [0.25, 0.3) is 0 Å². The number of hydrogen-bond donors (Lipinski definition) is 2. The lowest BCUT2D eigenvalue weighted by Gasteiger charge is -2.25. The number of rotatable bonds is 4. The lowest BCUT2D eigenvalue weighted by Crippen LogP contribution is -2.38. The Hall–Kier alpha value is -1.26. The Morgan fingerprint density at radius 1 is 1.33 bits per heavy atom. The molecule has 0 bridgehead atoms. The highest BCUT2D eigenvalue weighted by Crippen LogP contribution is 2.26. The van der Waals surface area contributed by atoms with Crippen molar-refractivity contribution < 1.29 is 14.6 Å². The van der Waals surface area contributed by atoms with Gasteiger partial charge in [-0.05, 0) is 25.8 Å². The van der Waals surface area contributed by atoms with E-state index in [9.17, 15) is 9.90 Å². The molecule has 2 atom stereocenters. The van der Waals surface area contributed by atoms with E-state index in [1.54, 1.807) is 31.2 Å². The van der Waals surface area contributed by atoms with E-state index in [2.05, 4.69) is 5.32 Å². The first-order valence-electron chi connectivity index (χ1n) is 7.47. The molecule has 1 amide bonds. The van der Waals surface area contributed by atoms with Gasteiger partial charge in [-0.15, -0.1) is 0 Å². The molecule has 1 aliphatic carbocycles. The van der Waals surface area contributed by atoms with Crippen molar-refractivity contribution in [3.05, 3.63) is 34.9 Å². The SMILES string of the molecule is C[C@H](OC(=O)NC1CCCCC1)[C@@H](O)c1ccccc1Cl. The molecule has 0 saturated heterocycles. The van der Waals surface area contributed by atoms with E-state index in [0.29, 0.717) is 10.6 Å². The molecule has 1 fully saturated rings. The van der Waals surface area contributed by atoms with Gasteiger partial charge in [0.25, 0.3) is 0 Å². The molecule has 0 aliphatic heterocycles. The molecule has 5 heteroatoms. The molecule has 0 aromatic heterocycles. The Morgan fingerprint density at radius 2 is 2.00 bits per heavy atom. The minimum absolute atomic E-state index is 0.191. The van der Waals surface area contributed by atoms with E-state index in [4.69, 9.17) is 16.3 Å². The Morgan fingerprint density at radius 3 is 2.67 bits per heavy atom. The van der Waals surface area contributed by atoms with Gasteiger partial charge in [-0.1, -0.05) is 49.1 Å². The van der Waals surface area contributed by atoms with E-state index in [0.717, 1.165) is 25.7 Å². The van der Waals surface area contributed by atoms with Crippen LogP contribution in [0.2, 0.25) is 5.02 Å². The molecule has 2 N–H and O–H groups in total. The normalized spacial score (nSPS) is 18.8. The average Bonchev–Trinajstić information content (AvgIpc) is 2.48. The maximum absolute atomic E-state index is 11.9. The molecule has 1 saturated carbocycles. The molecule has 4 nitrogen and oxygen atoms in total. The number of aliphatic hydroxyl groups is 1. The van der Waals surface area contributed by atoms with Crippen LogP contribution in [-0.4, -0.2) is 23.3 Å². The lowest BCUT2D eigenvalue weighted by atomic mass is 9.96. The molecule has 21 heavy (non-hydrogen) atoms. The minimum atomic E-state index is -0.934. The third kappa shape index (κ3) is 4.61. The zero-order valence-corrected chi connectivity index (χ0v) is 13.0. The third-order valence-electron chi connectivity index (χ3n) is 3.89. The average molecular weight is 312 g/mol. The zero-order valence-electron chi connectivity index (χ0n) is 12.2. The summed E-state index contributed by atoms with van der Waals surface area (Å²) in [6, 6.07) is 7.20. The maximum atomic E-state index is 11.9. The number of ether oxygens (including phenoxy) is 1. The largest absolute Gasteiger partial charge is 0.443 e. The van der Waals surface area contributed by atoms with Crippen LogP contribution in [0.3, 0.4) is 0 Å². The highest BCUT2D eigenvalue weighted by molar-refractivity contribution is 6.31. The number of nitrogens with one attached hydrogen (secondary N) is 1. The Kier molecular flexibility index (Phi) is 5.88. The van der Waals surface area contributed by atoms with Crippen LogP contribution in [0.15, 0.2) is 24.3 Å². The van der Waals surface area contributed by atoms with Gasteiger partial charge in [-0.3, -0.25) is 0 Å². The third-order valence-corrected chi connectivity index (χ3v) is 4.23. The van der Waals surface area contributed by atoms with E-state index in [1.807, 2.05) is 0 Å². The van der Waals surface area contributed by atoms with Crippen LogP contribution < -0.4 is 5.32 Å². The van der Waals surface area contributed by atoms with Gasteiger partial charge in [0.1, 0.15) is 12.2 Å². The van der Waals surface area contributed by atoms with E-state index in [-0.39, 0.29) is 6.04 Å². The zero-order chi connectivity index (χ0) is 15.2. The van der Waals surface area contributed by atoms with Gasteiger partial charge in [-0.2, -0.15) is 0 Å². The van der Waals surface area contributed by atoms with Gasteiger partial charge < -0.3 is 15.2 Å². The van der Waals surface area contributed by atoms with Crippen molar-refractivity contribution in [1.82, 2.24) is 5.32 Å². The maximum Gasteiger partial charge on any atom is 0.407 e. The summed E-state index contributed by atoms with van der Waals surface area (Å²) in [5, 5.41) is 13.6. The molecular formula is C16H22ClNO3. The second-order valence-corrected chi connectivity index (χ2v) is 5.96. The van der Waals surface area contributed by atoms with Gasteiger partial charge in [-0.25, -0.2) is 4.79 Å². The predicted octanol–water partition coefficient (Wildman–Crippen LogP) is 3.82. The quantitative estimate of drug-likeness (QED) is 0.888. The standard InChI is InChI=1S/C16H22ClNO3/c1-11(15(19)13-9-5-6-10-14(13)17)21-16(20)18-12-7-3-2-4-8-12/h5-6,9-12,15,19H,2-4,7-8H2,1H3,(H,18,20)/t11-,15+/m0/s1. The first-order valence-corrected chi connectivity index (χ1v) is 7.85. The fourth-order valence-corrected chi connectivity index (χ4v) is 2.90. The summed E-state index contributed by atoms with van der Waals surface area (Å²) in [6.45, 7) is 1.66. The van der Waals surface area contributed by atoms with Crippen molar-refractivity contribution in [2.75, 3.05) is 0 Å². The highest BCUT2D eigenvalue weighted by atomic mass is 35.5. The molecule has 1 aromatic rings. The number of alkyl carbamates (subject to hydrolysis) is 1. The fraction of sp³-hybridized carbons (Fsp3) is 0.562. The smallest absolute Gasteiger partial charge is 0.407 e. The summed E-state index contributed by atoms with van der Waals surface area (Å²) in [5.74, 6) is 0. The van der Waals surface area contributed by atoms with Crippen molar-refractivity contribution in [3.8, 4) is 0 Å². The highest BCUT2D eigenvalue weighted by Gasteiger charge is 2.24. The topological polar surface area (TPSA) is 58.6 Å². The monoisotopic (exact) mass is 311 g/mol. The molecule has 2 rings (SSSR count). The number of amides is 1. The van der Waals surface area contributed by atoms with Crippen LogP contribution in [-0.2, 0) is 4.74 Å². The lowest BCUT2D eigenvalue weighted by molar-refractivity contribution is 0.0103. The summed E-state index contributed by atoms with van der Waals surface area (Å²) >= 11 is 6.04. The van der Waals surface area contributed by atoms with E-state index in [1.165, 1.54) is 6.42 Å². The Bertz CT molecular complexity index is 474. The van der Waals surface area contributed by atoms with Gasteiger partial charge in [0, 0.05) is 16.6 Å². The summed E-state index contributed by atoms with van der Waals surface area (Å²) < 4.78 is 5.27. The van der Waals surface area contributed by atoms with Crippen molar-refractivity contribution in [2.45, 2.75) is 57.3 Å². The van der Waals surface area contributed by atoms with Gasteiger partial charge in [0.15, 0.2) is 0 Å². The first-order chi connectivity index (χ1) is 10.1. The second-order valence-electron chi connectivity index (χ2n) is 5.56. The minimum Gasteiger partial charge on any atom is -0.443 e. The summed E-state index contributed by atoms with van der Waals surface area (Å²) in [7, 11) is 0. The van der Waals surface area contributed by atoms with Gasteiger partial charge >= 0.3 is 6.09 Å². The van der Waals surface area contributed by atoms with Crippen LogP contribution in [0.1, 0.15) is 50.7 Å².